The number of rotatable bonds is 2. The van der Waals surface area contributed by atoms with Crippen LogP contribution in [0.4, 0.5) is 10.6 Å². The van der Waals surface area contributed by atoms with Crippen molar-refractivity contribution < 1.29 is 14.5 Å². The quantitative estimate of drug-likeness (QED) is 0.697. The van der Waals surface area contributed by atoms with Crippen LogP contribution in [-0.4, -0.2) is 52.7 Å². The van der Waals surface area contributed by atoms with Gasteiger partial charge in [-0.15, -0.1) is 0 Å². The Morgan fingerprint density at radius 1 is 1.33 bits per heavy atom. The summed E-state index contributed by atoms with van der Waals surface area (Å²) >= 11 is 12.1. The van der Waals surface area contributed by atoms with Crippen molar-refractivity contribution in [2.45, 2.75) is 46.3 Å². The van der Waals surface area contributed by atoms with Gasteiger partial charge < -0.3 is 9.64 Å². The van der Waals surface area contributed by atoms with E-state index in [0.717, 1.165) is 5.82 Å². The van der Waals surface area contributed by atoms with Crippen LogP contribution >= 0.6 is 23.2 Å². The summed E-state index contributed by atoms with van der Waals surface area (Å²) in [6, 6.07) is 1.77. The highest BCUT2D eigenvalue weighted by Gasteiger charge is 2.39. The molecule has 0 aliphatic carbocycles. The number of likely N-dealkylation sites (N-methyl/N-ethyl adjacent to an activating group) is 1. The van der Waals surface area contributed by atoms with E-state index in [1.807, 2.05) is 34.6 Å². The van der Waals surface area contributed by atoms with Gasteiger partial charge in [-0.1, -0.05) is 30.4 Å². The number of H-pyrrole nitrogens is 1. The topological polar surface area (TPSA) is 72.7 Å². The van der Waals surface area contributed by atoms with Crippen LogP contribution in [0.15, 0.2) is 12.3 Å². The SMILES string of the molecule is CC.CN(C(=O)OC(C)(C)C)C1CN(c2[nH+]c(Cl)nc3cc(Cl)cnc23)C1. The monoisotopic (exact) mass is 414 g/mol. The summed E-state index contributed by atoms with van der Waals surface area (Å²) in [6.45, 7) is 10.8. The lowest BCUT2D eigenvalue weighted by atomic mass is 10.1. The van der Waals surface area contributed by atoms with Crippen LogP contribution in [-0.2, 0) is 4.74 Å². The fourth-order valence-corrected chi connectivity index (χ4v) is 2.91. The Labute approximate surface area is 169 Å². The average molecular weight is 415 g/mol. The van der Waals surface area contributed by atoms with Crippen molar-refractivity contribution in [3.63, 3.8) is 0 Å². The van der Waals surface area contributed by atoms with Crippen molar-refractivity contribution in [1.29, 1.82) is 0 Å². The van der Waals surface area contributed by atoms with Crippen LogP contribution in [0, 0.1) is 0 Å². The van der Waals surface area contributed by atoms with Crippen molar-refractivity contribution >= 4 is 46.1 Å². The molecule has 1 aliphatic rings. The van der Waals surface area contributed by atoms with E-state index >= 15 is 0 Å². The Balaban J connectivity index is 0.00000126. The maximum Gasteiger partial charge on any atom is 0.410 e. The molecule has 1 aliphatic heterocycles. The summed E-state index contributed by atoms with van der Waals surface area (Å²) < 4.78 is 5.40. The van der Waals surface area contributed by atoms with Crippen molar-refractivity contribution in [2.75, 3.05) is 25.0 Å². The fourth-order valence-electron chi connectivity index (χ4n) is 2.58. The summed E-state index contributed by atoms with van der Waals surface area (Å²) in [5.74, 6) is 0.764. The number of carbonyl (C=O) groups is 1. The molecule has 1 N–H and O–H groups in total. The van der Waals surface area contributed by atoms with E-state index in [9.17, 15) is 4.79 Å². The van der Waals surface area contributed by atoms with Gasteiger partial charge in [0.1, 0.15) is 5.60 Å². The number of nitrogens with one attached hydrogen (secondary N) is 1. The number of fused-ring (bicyclic) bond motifs is 1. The molecule has 7 nitrogen and oxygen atoms in total. The van der Waals surface area contributed by atoms with E-state index in [2.05, 4.69) is 19.9 Å². The first-order valence-corrected chi connectivity index (χ1v) is 9.64. The maximum atomic E-state index is 12.2. The number of hydrogen-bond acceptors (Lipinski definition) is 5. The molecule has 0 radical (unpaired) electrons. The molecule has 1 fully saturated rings. The van der Waals surface area contributed by atoms with Gasteiger partial charge >= 0.3 is 11.4 Å². The number of pyridine rings is 1. The molecule has 0 unspecified atom stereocenters. The lowest BCUT2D eigenvalue weighted by Gasteiger charge is -2.41. The van der Waals surface area contributed by atoms with Gasteiger partial charge in [0.25, 0.3) is 5.82 Å². The van der Waals surface area contributed by atoms with Gasteiger partial charge in [-0.3, -0.25) is 4.90 Å². The average Bonchev–Trinajstić information content (AvgIpc) is 2.53. The second kappa shape index (κ2) is 8.44. The summed E-state index contributed by atoms with van der Waals surface area (Å²) in [4.78, 5) is 27.4. The van der Waals surface area contributed by atoms with Gasteiger partial charge in [0.2, 0.25) is 0 Å². The van der Waals surface area contributed by atoms with Gasteiger partial charge in [-0.25, -0.2) is 14.8 Å². The fraction of sp³-hybridized carbons (Fsp3) is 0.556. The minimum absolute atomic E-state index is 0.0533. The summed E-state index contributed by atoms with van der Waals surface area (Å²) in [5.41, 5.74) is 0.794. The number of aromatic amines is 1. The first kappa shape index (κ1) is 21.4. The molecule has 1 saturated heterocycles. The van der Waals surface area contributed by atoms with Gasteiger partial charge in [-0.2, -0.15) is 0 Å². The molecule has 9 heteroatoms. The third-order valence-electron chi connectivity index (χ3n) is 3.91. The Hall–Kier alpha value is -1.86. The number of nitrogens with zero attached hydrogens (tertiary/aromatic N) is 4. The number of hydrogen-bond donors (Lipinski definition) is 0. The number of halogens is 2. The highest BCUT2D eigenvalue weighted by molar-refractivity contribution is 6.31. The molecular formula is C18H26Cl2N5O2+. The molecule has 3 heterocycles. The van der Waals surface area contributed by atoms with Gasteiger partial charge in [-0.05, 0) is 32.4 Å². The first-order valence-electron chi connectivity index (χ1n) is 8.89. The molecule has 2 aromatic heterocycles. The summed E-state index contributed by atoms with van der Waals surface area (Å²) in [6.07, 6.45) is 1.24. The Kier molecular flexibility index (Phi) is 6.70. The zero-order chi connectivity index (χ0) is 20.4. The molecule has 0 atom stereocenters. The van der Waals surface area contributed by atoms with E-state index in [0.29, 0.717) is 29.1 Å². The zero-order valence-electron chi connectivity index (χ0n) is 16.5. The lowest BCUT2D eigenvalue weighted by molar-refractivity contribution is -0.365. The van der Waals surface area contributed by atoms with Crippen LogP contribution in [0.2, 0.25) is 10.3 Å². The smallest absolute Gasteiger partial charge is 0.410 e. The third kappa shape index (κ3) is 5.11. The highest BCUT2D eigenvalue weighted by Crippen LogP contribution is 2.27. The maximum absolute atomic E-state index is 12.2. The van der Waals surface area contributed by atoms with E-state index in [-0.39, 0.29) is 17.4 Å². The molecule has 2 aromatic rings. The van der Waals surface area contributed by atoms with Crippen LogP contribution in [0.25, 0.3) is 11.0 Å². The van der Waals surface area contributed by atoms with Crippen molar-refractivity contribution in [3.05, 3.63) is 22.6 Å². The first-order chi connectivity index (χ1) is 12.6. The lowest BCUT2D eigenvalue weighted by Crippen LogP contribution is -2.61. The standard InChI is InChI=1S/C16H19Cl2N5O2.C2H6/c1-16(2,3)25-15(24)22(4)10-7-23(8-10)13-12-11(20-14(18)21-13)5-9(17)6-19-12;1-2/h5-6,10H,7-8H2,1-4H3;1-2H3/p+1. The number of amides is 1. The predicted molar refractivity (Wildman–Crippen MR) is 107 cm³/mol. The Morgan fingerprint density at radius 3 is 2.56 bits per heavy atom. The van der Waals surface area contributed by atoms with Crippen LogP contribution in [0.5, 0.6) is 0 Å². The Bertz CT molecular complexity index is 814. The minimum atomic E-state index is -0.513. The zero-order valence-corrected chi connectivity index (χ0v) is 18.0. The van der Waals surface area contributed by atoms with Gasteiger partial charge in [0.05, 0.1) is 24.2 Å². The molecule has 0 spiro atoms. The minimum Gasteiger partial charge on any atom is -0.444 e. The second-order valence-corrected chi connectivity index (χ2v) is 7.84. The molecule has 1 amide bonds. The number of ether oxygens (including phenoxy) is 1. The van der Waals surface area contributed by atoms with E-state index in [4.69, 9.17) is 27.9 Å². The predicted octanol–water partition coefficient (Wildman–Crippen LogP) is 3.83. The molecule has 3 rings (SSSR count). The van der Waals surface area contributed by atoms with E-state index in [1.165, 1.54) is 0 Å². The normalized spacial score (nSPS) is 14.3. The number of anilines is 1. The number of aromatic nitrogens is 3. The number of carbonyl (C=O) groups excluding carboxylic acids is 1. The van der Waals surface area contributed by atoms with Crippen molar-refractivity contribution in [1.82, 2.24) is 14.9 Å². The molecule has 0 bridgehead atoms. The highest BCUT2D eigenvalue weighted by atomic mass is 35.5. The Morgan fingerprint density at radius 2 is 1.96 bits per heavy atom. The van der Waals surface area contributed by atoms with Crippen molar-refractivity contribution in [3.8, 4) is 0 Å². The van der Waals surface area contributed by atoms with Gasteiger partial charge in [0.15, 0.2) is 11.0 Å². The molecule has 0 saturated carbocycles. The van der Waals surface area contributed by atoms with E-state index in [1.54, 1.807) is 24.2 Å². The second-order valence-electron chi connectivity index (χ2n) is 7.05. The molecule has 0 aromatic carbocycles. The van der Waals surface area contributed by atoms with Crippen LogP contribution in [0.3, 0.4) is 0 Å². The van der Waals surface area contributed by atoms with Crippen LogP contribution < -0.4 is 9.88 Å². The van der Waals surface area contributed by atoms with Crippen LogP contribution in [0.1, 0.15) is 34.6 Å². The molecule has 148 valence electrons. The molecular weight excluding hydrogens is 389 g/mol. The van der Waals surface area contributed by atoms with Crippen molar-refractivity contribution in [2.24, 2.45) is 0 Å². The summed E-state index contributed by atoms with van der Waals surface area (Å²) in [5, 5.41) is 0.759. The summed E-state index contributed by atoms with van der Waals surface area (Å²) in [7, 11) is 1.75. The van der Waals surface area contributed by atoms with E-state index < -0.39 is 5.60 Å². The van der Waals surface area contributed by atoms with Gasteiger partial charge in [0, 0.05) is 19.3 Å². The largest absolute Gasteiger partial charge is 0.444 e. The third-order valence-corrected chi connectivity index (χ3v) is 4.29. The molecule has 27 heavy (non-hydrogen) atoms.